The third-order valence-corrected chi connectivity index (χ3v) is 16.5. The molecule has 0 aromatic heterocycles. The molecule has 0 N–H and O–H groups in total. The number of rotatable bonds is 9. The molecular formula is C56H41NSi. The number of anilines is 3. The van der Waals surface area contributed by atoms with Crippen LogP contribution in [-0.2, 0) is 0 Å². The molecule has 2 heteroatoms. The Morgan fingerprint density at radius 1 is 0.259 bits per heavy atom. The summed E-state index contributed by atoms with van der Waals surface area (Å²) in [7, 11) is -2.87. The fraction of sp³-hybridized carbons (Fsp3) is 0. The topological polar surface area (TPSA) is 3.24 Å². The maximum absolute atomic E-state index is 2.87. The highest BCUT2D eigenvalue weighted by molar-refractivity contribution is 7.20. The molecule has 0 fully saturated rings. The van der Waals surface area contributed by atoms with Crippen LogP contribution < -0.4 is 25.6 Å². The zero-order valence-corrected chi connectivity index (χ0v) is 33.1. The Kier molecular flexibility index (Phi) is 9.31. The second-order valence-electron chi connectivity index (χ2n) is 14.8. The van der Waals surface area contributed by atoms with Crippen molar-refractivity contribution >= 4 is 67.4 Å². The minimum atomic E-state index is -2.87. The molecule has 0 aliphatic heterocycles. The molecule has 0 saturated carbocycles. The predicted molar refractivity (Wildman–Crippen MR) is 251 cm³/mol. The Balaban J connectivity index is 1.13. The molecule has 0 bridgehead atoms. The van der Waals surface area contributed by atoms with Crippen molar-refractivity contribution in [3.8, 4) is 22.3 Å². The van der Waals surface area contributed by atoms with Crippen LogP contribution in [0.25, 0.3) is 43.8 Å². The van der Waals surface area contributed by atoms with Crippen LogP contribution in [0.15, 0.2) is 249 Å². The largest absolute Gasteiger partial charge is 0.311 e. The minimum absolute atomic E-state index is 1.12. The van der Waals surface area contributed by atoms with E-state index in [4.69, 9.17) is 0 Å². The fourth-order valence-corrected chi connectivity index (χ4v) is 13.9. The molecule has 0 radical (unpaired) electrons. The number of para-hydroxylation sites is 2. The predicted octanol–water partition coefficient (Wildman–Crippen LogP) is 12.2. The van der Waals surface area contributed by atoms with E-state index in [1.807, 2.05) is 0 Å². The van der Waals surface area contributed by atoms with E-state index in [0.29, 0.717) is 0 Å². The summed E-state index contributed by atoms with van der Waals surface area (Å²) in [5.41, 5.74) is 8.29. The van der Waals surface area contributed by atoms with Crippen molar-refractivity contribution in [1.82, 2.24) is 0 Å². The lowest BCUT2D eigenvalue weighted by atomic mass is 9.94. The highest BCUT2D eigenvalue weighted by Crippen LogP contribution is 2.36. The van der Waals surface area contributed by atoms with Crippen LogP contribution in [0.3, 0.4) is 0 Å². The summed E-state index contributed by atoms with van der Waals surface area (Å²) in [6.07, 6.45) is 0. The average Bonchev–Trinajstić information content (AvgIpc) is 3.31. The smallest absolute Gasteiger partial charge is 0.180 e. The first-order valence-corrected chi connectivity index (χ1v) is 22.0. The summed E-state index contributed by atoms with van der Waals surface area (Å²) < 4.78 is 0. The molecule has 0 aliphatic rings. The lowest BCUT2D eigenvalue weighted by molar-refractivity contribution is 1.28. The van der Waals surface area contributed by atoms with E-state index in [1.54, 1.807) is 0 Å². The van der Waals surface area contributed by atoms with Gasteiger partial charge >= 0.3 is 0 Å². The van der Waals surface area contributed by atoms with E-state index < -0.39 is 8.07 Å². The number of hydrogen-bond acceptors (Lipinski definition) is 1. The first-order chi connectivity index (χ1) is 28.8. The van der Waals surface area contributed by atoms with E-state index in [0.717, 1.165) is 17.1 Å². The second-order valence-corrected chi connectivity index (χ2v) is 18.6. The zero-order valence-electron chi connectivity index (χ0n) is 32.1. The van der Waals surface area contributed by atoms with Crippen molar-refractivity contribution in [3.05, 3.63) is 249 Å². The molecule has 10 aromatic rings. The van der Waals surface area contributed by atoms with E-state index in [9.17, 15) is 0 Å². The maximum Gasteiger partial charge on any atom is 0.180 e. The van der Waals surface area contributed by atoms with Gasteiger partial charge in [0.2, 0.25) is 0 Å². The molecule has 0 unspecified atom stereocenters. The van der Waals surface area contributed by atoms with Gasteiger partial charge in [0.1, 0.15) is 0 Å². The lowest BCUT2D eigenvalue weighted by Crippen LogP contribution is -2.74. The number of nitrogens with zero attached hydrogens (tertiary/aromatic N) is 1. The van der Waals surface area contributed by atoms with Gasteiger partial charge in [-0.25, -0.2) is 0 Å². The normalized spacial score (nSPS) is 11.4. The SMILES string of the molecule is c1ccc(N(c2ccccc2)c2ccc(-c3ccc([Si](c4ccccc4)(c4ccccc4)c4ccc(-c5cccc6ccccc56)c5ccccc45)cc3)cc2)cc1. The van der Waals surface area contributed by atoms with Gasteiger partial charge in [0.25, 0.3) is 0 Å². The van der Waals surface area contributed by atoms with Gasteiger partial charge in [-0.15, -0.1) is 0 Å². The highest BCUT2D eigenvalue weighted by Gasteiger charge is 2.42. The maximum atomic E-state index is 2.45. The first-order valence-electron chi connectivity index (χ1n) is 20.0. The number of fused-ring (bicyclic) bond motifs is 2. The highest BCUT2D eigenvalue weighted by atomic mass is 28.3. The van der Waals surface area contributed by atoms with Crippen LogP contribution in [0.4, 0.5) is 17.1 Å². The molecule has 274 valence electrons. The Labute approximate surface area is 341 Å². The molecule has 0 spiro atoms. The van der Waals surface area contributed by atoms with Crippen LogP contribution in [0.5, 0.6) is 0 Å². The Morgan fingerprint density at radius 2 is 0.672 bits per heavy atom. The molecule has 58 heavy (non-hydrogen) atoms. The molecule has 10 aromatic carbocycles. The molecule has 1 nitrogen and oxygen atoms in total. The monoisotopic (exact) mass is 755 g/mol. The van der Waals surface area contributed by atoms with Gasteiger partial charge in [-0.2, -0.15) is 0 Å². The van der Waals surface area contributed by atoms with Crippen LogP contribution in [0, 0.1) is 0 Å². The van der Waals surface area contributed by atoms with Crippen LogP contribution in [0.1, 0.15) is 0 Å². The Bertz CT molecular complexity index is 2880. The fourth-order valence-electron chi connectivity index (χ4n) is 8.98. The Morgan fingerprint density at radius 3 is 1.26 bits per heavy atom. The van der Waals surface area contributed by atoms with E-state index in [1.165, 1.54) is 64.5 Å². The number of benzene rings is 10. The van der Waals surface area contributed by atoms with Crippen molar-refractivity contribution < 1.29 is 0 Å². The summed E-state index contributed by atoms with van der Waals surface area (Å²) in [5, 5.41) is 10.6. The average molecular weight is 756 g/mol. The summed E-state index contributed by atoms with van der Waals surface area (Å²) in [5.74, 6) is 0. The van der Waals surface area contributed by atoms with Gasteiger partial charge in [0.05, 0.1) is 0 Å². The minimum Gasteiger partial charge on any atom is -0.311 e. The third kappa shape index (κ3) is 6.21. The van der Waals surface area contributed by atoms with Crippen molar-refractivity contribution in [2.75, 3.05) is 4.90 Å². The molecule has 0 heterocycles. The summed E-state index contributed by atoms with van der Waals surface area (Å²) in [6.45, 7) is 0. The quantitative estimate of drug-likeness (QED) is 0.105. The van der Waals surface area contributed by atoms with Gasteiger partial charge in [-0.3, -0.25) is 0 Å². The third-order valence-electron chi connectivity index (χ3n) is 11.6. The van der Waals surface area contributed by atoms with Crippen molar-refractivity contribution in [3.63, 3.8) is 0 Å². The zero-order chi connectivity index (χ0) is 38.7. The first kappa shape index (κ1) is 35.2. The van der Waals surface area contributed by atoms with E-state index in [-0.39, 0.29) is 0 Å². The van der Waals surface area contributed by atoms with Gasteiger partial charge in [0.15, 0.2) is 8.07 Å². The van der Waals surface area contributed by atoms with Gasteiger partial charge in [-0.05, 0) is 101 Å². The summed E-state index contributed by atoms with van der Waals surface area (Å²) in [4.78, 5) is 2.31. The van der Waals surface area contributed by atoms with Crippen molar-refractivity contribution in [2.24, 2.45) is 0 Å². The lowest BCUT2D eigenvalue weighted by Gasteiger charge is -2.35. The van der Waals surface area contributed by atoms with Crippen LogP contribution in [-0.4, -0.2) is 8.07 Å². The molecule has 0 aliphatic carbocycles. The van der Waals surface area contributed by atoms with Crippen molar-refractivity contribution in [1.29, 1.82) is 0 Å². The van der Waals surface area contributed by atoms with Crippen molar-refractivity contribution in [2.45, 2.75) is 0 Å². The van der Waals surface area contributed by atoms with Gasteiger partial charge < -0.3 is 4.90 Å². The molecule has 0 atom stereocenters. The summed E-state index contributed by atoms with van der Waals surface area (Å²) in [6, 6.07) is 91.4. The molecule has 10 rings (SSSR count). The molecular weight excluding hydrogens is 715 g/mol. The second kappa shape index (κ2) is 15.3. The summed E-state index contributed by atoms with van der Waals surface area (Å²) >= 11 is 0. The number of hydrogen-bond donors (Lipinski definition) is 0. The van der Waals surface area contributed by atoms with Crippen LogP contribution >= 0.6 is 0 Å². The molecule has 0 saturated heterocycles. The van der Waals surface area contributed by atoms with E-state index >= 15 is 0 Å². The van der Waals surface area contributed by atoms with Gasteiger partial charge in [-0.1, -0.05) is 212 Å². The van der Waals surface area contributed by atoms with Gasteiger partial charge in [0, 0.05) is 17.1 Å². The van der Waals surface area contributed by atoms with E-state index in [2.05, 4.69) is 254 Å². The molecule has 0 amide bonds. The Hall–Kier alpha value is -7.26. The van der Waals surface area contributed by atoms with Crippen LogP contribution in [0.2, 0.25) is 0 Å². The standard InChI is InChI=1S/C56H41NSi/c1-5-20-45(21-6-1)57(46-22-7-2-8-23-46)47-36-32-42(33-37-47)43-34-38-50(39-35-43)58(48-24-9-3-10-25-48,49-26-11-4-12-27-49)56-41-40-54(53-29-15-16-30-55(53)56)52-31-17-19-44-18-13-14-28-51(44)52/h1-41H.